The number of anilines is 1. The number of carbonyl (C=O) groups is 3. The number of rotatable bonds is 3. The number of likely N-dealkylation sites (tertiary alicyclic amines) is 1. The van der Waals surface area contributed by atoms with Gasteiger partial charge in [-0.15, -0.1) is 0 Å². The second-order valence-electron chi connectivity index (χ2n) is 7.41. The van der Waals surface area contributed by atoms with Crippen molar-refractivity contribution in [2.45, 2.75) is 50.9 Å². The number of benzene rings is 1. The molecule has 7 heteroatoms. The first kappa shape index (κ1) is 17.0. The molecule has 3 amide bonds. The van der Waals surface area contributed by atoms with Gasteiger partial charge in [-0.25, -0.2) is 0 Å². The lowest BCUT2D eigenvalue weighted by atomic mass is 10.0. The van der Waals surface area contributed by atoms with Gasteiger partial charge in [-0.2, -0.15) is 0 Å². The van der Waals surface area contributed by atoms with E-state index in [-0.39, 0.29) is 24.1 Å². The Labute approximate surface area is 152 Å². The van der Waals surface area contributed by atoms with Crippen LogP contribution in [0.2, 0.25) is 0 Å². The second-order valence-corrected chi connectivity index (χ2v) is 7.41. The normalized spacial score (nSPS) is 26.7. The van der Waals surface area contributed by atoms with Crippen molar-refractivity contribution in [1.29, 1.82) is 0 Å². The lowest BCUT2D eigenvalue weighted by Crippen LogP contribution is -2.52. The van der Waals surface area contributed by atoms with Gasteiger partial charge in [0.05, 0.1) is 6.17 Å². The summed E-state index contributed by atoms with van der Waals surface area (Å²) < 4.78 is 0. The largest absolute Gasteiger partial charge is 0.370 e. The highest BCUT2D eigenvalue weighted by molar-refractivity contribution is 6.05. The molecule has 2 atom stereocenters. The first-order valence-corrected chi connectivity index (χ1v) is 9.27. The first-order valence-electron chi connectivity index (χ1n) is 9.27. The van der Waals surface area contributed by atoms with Crippen LogP contribution in [0.1, 0.15) is 48.0 Å². The van der Waals surface area contributed by atoms with E-state index in [2.05, 4.69) is 22.6 Å². The fourth-order valence-corrected chi connectivity index (χ4v) is 4.11. The molecule has 138 valence electrons. The molecule has 1 aromatic carbocycles. The molecule has 3 aliphatic rings. The number of fused-ring (bicyclic) bond motifs is 1. The molecule has 0 saturated carbocycles. The minimum Gasteiger partial charge on any atom is -0.370 e. The summed E-state index contributed by atoms with van der Waals surface area (Å²) in [5.74, 6) is -0.765. The Bertz CT molecular complexity index is 763. The van der Waals surface area contributed by atoms with E-state index in [9.17, 15) is 14.4 Å². The lowest BCUT2D eigenvalue weighted by molar-refractivity contribution is -0.136. The van der Waals surface area contributed by atoms with Crippen LogP contribution >= 0.6 is 0 Å². The molecule has 2 saturated heterocycles. The van der Waals surface area contributed by atoms with Crippen LogP contribution in [0.15, 0.2) is 18.2 Å². The molecular weight excluding hydrogens is 332 g/mol. The van der Waals surface area contributed by atoms with Crippen LogP contribution < -0.4 is 10.6 Å². The van der Waals surface area contributed by atoms with Crippen molar-refractivity contribution < 1.29 is 14.4 Å². The van der Waals surface area contributed by atoms with Gasteiger partial charge in [-0.1, -0.05) is 0 Å². The third kappa shape index (κ3) is 3.07. The average Bonchev–Trinajstić information content (AvgIpc) is 2.93. The molecule has 2 N–H and O–H groups in total. The topological polar surface area (TPSA) is 81.8 Å². The van der Waals surface area contributed by atoms with Gasteiger partial charge in [0, 0.05) is 24.2 Å². The summed E-state index contributed by atoms with van der Waals surface area (Å²) in [6.45, 7) is 1.50. The van der Waals surface area contributed by atoms with E-state index in [0.717, 1.165) is 24.2 Å². The zero-order valence-corrected chi connectivity index (χ0v) is 15.0. The highest BCUT2D eigenvalue weighted by Gasteiger charge is 2.39. The van der Waals surface area contributed by atoms with Gasteiger partial charge in [-0.05, 0) is 63.0 Å². The molecule has 0 aliphatic carbocycles. The summed E-state index contributed by atoms with van der Waals surface area (Å²) in [4.78, 5) is 40.1. The zero-order valence-electron chi connectivity index (χ0n) is 15.0. The van der Waals surface area contributed by atoms with E-state index in [1.54, 1.807) is 4.90 Å². The Morgan fingerprint density at radius 1 is 1.15 bits per heavy atom. The minimum atomic E-state index is -0.562. The number of amides is 3. The molecule has 1 aromatic rings. The molecule has 4 rings (SSSR count). The van der Waals surface area contributed by atoms with Gasteiger partial charge in [0.25, 0.3) is 5.91 Å². The Balaban J connectivity index is 1.49. The van der Waals surface area contributed by atoms with Crippen LogP contribution in [-0.2, 0) is 16.1 Å². The van der Waals surface area contributed by atoms with Crippen LogP contribution in [0.25, 0.3) is 0 Å². The van der Waals surface area contributed by atoms with Crippen molar-refractivity contribution in [2.24, 2.45) is 0 Å². The van der Waals surface area contributed by atoms with Crippen molar-refractivity contribution >= 4 is 23.4 Å². The summed E-state index contributed by atoms with van der Waals surface area (Å²) in [7, 11) is 2.12. The van der Waals surface area contributed by atoms with Crippen LogP contribution in [0.4, 0.5) is 5.69 Å². The fraction of sp³-hybridized carbons (Fsp3) is 0.526. The van der Waals surface area contributed by atoms with Gasteiger partial charge >= 0.3 is 0 Å². The van der Waals surface area contributed by atoms with E-state index in [0.29, 0.717) is 24.7 Å². The molecule has 0 aromatic heterocycles. The number of nitrogens with zero attached hydrogens (tertiary/aromatic N) is 2. The maximum Gasteiger partial charge on any atom is 0.255 e. The molecule has 0 spiro atoms. The third-order valence-corrected chi connectivity index (χ3v) is 5.63. The van der Waals surface area contributed by atoms with Crippen molar-refractivity contribution in [1.82, 2.24) is 15.1 Å². The quantitative estimate of drug-likeness (QED) is 0.798. The number of hydrogen-bond donors (Lipinski definition) is 2. The molecule has 3 heterocycles. The number of nitrogens with one attached hydrogen (secondary N) is 2. The highest BCUT2D eigenvalue weighted by Crippen LogP contribution is 2.30. The lowest BCUT2D eigenvalue weighted by Gasteiger charge is -2.33. The summed E-state index contributed by atoms with van der Waals surface area (Å²) in [6.07, 6.45) is 4.53. The maximum atomic E-state index is 12.7. The van der Waals surface area contributed by atoms with Crippen molar-refractivity contribution in [3.05, 3.63) is 29.3 Å². The molecule has 0 radical (unpaired) electrons. The monoisotopic (exact) mass is 356 g/mol. The van der Waals surface area contributed by atoms with Gasteiger partial charge < -0.3 is 10.2 Å². The summed E-state index contributed by atoms with van der Waals surface area (Å²) in [5.41, 5.74) is 2.58. The molecule has 3 aliphatic heterocycles. The predicted octanol–water partition coefficient (Wildman–Crippen LogP) is 1.30. The molecule has 2 unspecified atom stereocenters. The smallest absolute Gasteiger partial charge is 0.255 e. The molecule has 2 fully saturated rings. The van der Waals surface area contributed by atoms with Crippen molar-refractivity contribution in [3.63, 3.8) is 0 Å². The Morgan fingerprint density at radius 2 is 2.00 bits per heavy atom. The number of piperidine rings is 2. The Hall–Kier alpha value is -2.41. The van der Waals surface area contributed by atoms with Crippen LogP contribution in [-0.4, -0.2) is 53.3 Å². The Kier molecular flexibility index (Phi) is 4.40. The summed E-state index contributed by atoms with van der Waals surface area (Å²) in [6, 6.07) is 5.23. The standard InChI is InChI=1S/C19H24N4O3/c1-22-9-3-2-4-16(22)20-13-5-6-14-12(10-13)11-23(19(14)26)15-7-8-17(24)21-18(15)25/h5-6,10,15-16,20H,2-4,7-9,11H2,1H3,(H,21,24,25). The van der Waals surface area contributed by atoms with E-state index in [1.807, 2.05) is 18.2 Å². The van der Waals surface area contributed by atoms with Gasteiger partial charge in [0.15, 0.2) is 0 Å². The van der Waals surface area contributed by atoms with Crippen molar-refractivity contribution in [3.8, 4) is 0 Å². The highest BCUT2D eigenvalue weighted by atomic mass is 16.2. The number of carbonyl (C=O) groups excluding carboxylic acids is 3. The summed E-state index contributed by atoms with van der Waals surface area (Å²) in [5, 5.41) is 5.89. The van der Waals surface area contributed by atoms with E-state index in [1.165, 1.54) is 12.8 Å². The molecule has 26 heavy (non-hydrogen) atoms. The first-order chi connectivity index (χ1) is 12.5. The van der Waals surface area contributed by atoms with E-state index >= 15 is 0 Å². The van der Waals surface area contributed by atoms with Gasteiger partial charge in [0.1, 0.15) is 6.04 Å². The van der Waals surface area contributed by atoms with Crippen LogP contribution in [0.5, 0.6) is 0 Å². The minimum absolute atomic E-state index is 0.129. The second kappa shape index (κ2) is 6.72. The van der Waals surface area contributed by atoms with Gasteiger partial charge in [-0.3, -0.25) is 24.6 Å². The molecule has 7 nitrogen and oxygen atoms in total. The number of imide groups is 1. The zero-order chi connectivity index (χ0) is 18.3. The van der Waals surface area contributed by atoms with E-state index in [4.69, 9.17) is 0 Å². The number of hydrogen-bond acceptors (Lipinski definition) is 5. The maximum absolute atomic E-state index is 12.7. The third-order valence-electron chi connectivity index (χ3n) is 5.63. The average molecular weight is 356 g/mol. The van der Waals surface area contributed by atoms with Gasteiger partial charge in [0.2, 0.25) is 11.8 Å². The molecular formula is C19H24N4O3. The van der Waals surface area contributed by atoms with Crippen molar-refractivity contribution in [2.75, 3.05) is 18.9 Å². The molecule has 0 bridgehead atoms. The van der Waals surface area contributed by atoms with Crippen LogP contribution in [0, 0.1) is 0 Å². The SMILES string of the molecule is CN1CCCCC1Nc1ccc2c(c1)CN(C1CCC(=O)NC1=O)C2=O. The van der Waals surface area contributed by atoms with E-state index < -0.39 is 6.04 Å². The summed E-state index contributed by atoms with van der Waals surface area (Å²) >= 11 is 0. The fourth-order valence-electron chi connectivity index (χ4n) is 4.11. The van der Waals surface area contributed by atoms with Crippen LogP contribution in [0.3, 0.4) is 0 Å². The Morgan fingerprint density at radius 3 is 2.77 bits per heavy atom. The predicted molar refractivity (Wildman–Crippen MR) is 96.4 cm³/mol.